The van der Waals surface area contributed by atoms with Gasteiger partial charge < -0.3 is 24.9 Å². The molecule has 2 N–H and O–H groups in total. The minimum atomic E-state index is -4.73. The number of ether oxygens (including phenoxy) is 1. The first-order chi connectivity index (χ1) is 15.2. The summed E-state index contributed by atoms with van der Waals surface area (Å²) in [5.74, 6) is 0.551. The van der Waals surface area contributed by atoms with Crippen molar-refractivity contribution in [2.75, 3.05) is 18.4 Å². The summed E-state index contributed by atoms with van der Waals surface area (Å²) < 4.78 is 40.4. The fourth-order valence-electron chi connectivity index (χ4n) is 3.14. The van der Waals surface area contributed by atoms with Crippen LogP contribution in [0, 0.1) is 6.92 Å². The minimum Gasteiger partial charge on any atom is -0.465 e. The second-order valence-corrected chi connectivity index (χ2v) is 7.12. The van der Waals surface area contributed by atoms with E-state index in [-0.39, 0.29) is 17.7 Å². The van der Waals surface area contributed by atoms with Gasteiger partial charge in [0, 0.05) is 31.8 Å². The lowest BCUT2D eigenvalue weighted by molar-refractivity contribution is -0.274. The van der Waals surface area contributed by atoms with E-state index in [0.29, 0.717) is 43.7 Å². The van der Waals surface area contributed by atoms with Crippen LogP contribution in [-0.4, -0.2) is 57.8 Å². The summed E-state index contributed by atoms with van der Waals surface area (Å²) in [5.41, 5.74) is 1.38. The van der Waals surface area contributed by atoms with Crippen molar-refractivity contribution in [3.8, 4) is 11.6 Å². The Morgan fingerprint density at radius 3 is 2.59 bits per heavy atom. The first-order valence-corrected chi connectivity index (χ1v) is 9.81. The van der Waals surface area contributed by atoms with Gasteiger partial charge in [-0.1, -0.05) is 17.3 Å². The highest BCUT2D eigenvalue weighted by Crippen LogP contribution is 2.24. The van der Waals surface area contributed by atoms with Gasteiger partial charge in [0.05, 0.1) is 5.56 Å². The van der Waals surface area contributed by atoms with E-state index in [2.05, 4.69) is 25.2 Å². The number of aromatic nitrogens is 2. The van der Waals surface area contributed by atoms with E-state index >= 15 is 0 Å². The molecular formula is C20H22F3N5O4. The van der Waals surface area contributed by atoms with Crippen LogP contribution in [0.4, 0.5) is 23.8 Å². The third kappa shape index (κ3) is 6.72. The maximum Gasteiger partial charge on any atom is 0.573 e. The van der Waals surface area contributed by atoms with Crippen LogP contribution in [0.1, 0.15) is 24.0 Å². The number of nitrogens with one attached hydrogen (secondary N) is 1. The lowest BCUT2D eigenvalue weighted by Gasteiger charge is -2.31. The van der Waals surface area contributed by atoms with Gasteiger partial charge in [-0.15, -0.1) is 13.2 Å². The molecule has 1 fully saturated rings. The van der Waals surface area contributed by atoms with Gasteiger partial charge >= 0.3 is 12.5 Å². The van der Waals surface area contributed by atoms with Crippen LogP contribution in [0.15, 0.2) is 35.7 Å². The number of hydrogen-bond acceptors (Lipinski definition) is 7. The summed E-state index contributed by atoms with van der Waals surface area (Å²) in [6.45, 7) is 2.68. The smallest absolute Gasteiger partial charge is 0.465 e. The second kappa shape index (κ2) is 10.2. The number of oxime groups is 1. The molecule has 1 aromatic heterocycles. The van der Waals surface area contributed by atoms with E-state index in [1.54, 1.807) is 6.92 Å². The average Bonchev–Trinajstić information content (AvgIpc) is 2.74. The van der Waals surface area contributed by atoms with Gasteiger partial charge in [0.1, 0.15) is 17.9 Å². The molecule has 1 aliphatic rings. The zero-order valence-corrected chi connectivity index (χ0v) is 17.2. The summed E-state index contributed by atoms with van der Waals surface area (Å²) in [6, 6.07) is 5.54. The van der Waals surface area contributed by atoms with E-state index in [0.717, 1.165) is 5.56 Å². The molecule has 32 heavy (non-hydrogen) atoms. The number of benzene rings is 1. The van der Waals surface area contributed by atoms with Crippen molar-refractivity contribution < 1.29 is 32.6 Å². The number of carboxylic acid groups (broad SMARTS) is 1. The number of carbonyl (C=O) groups is 1. The molecule has 12 heteroatoms. The Balaban J connectivity index is 1.51. The average molecular weight is 453 g/mol. The Hall–Kier alpha value is -3.57. The van der Waals surface area contributed by atoms with E-state index in [4.69, 9.17) is 9.94 Å². The molecule has 172 valence electrons. The molecule has 9 nitrogen and oxygen atoms in total. The fourth-order valence-corrected chi connectivity index (χ4v) is 3.14. The van der Waals surface area contributed by atoms with Gasteiger partial charge in [-0.05, 0) is 37.5 Å². The van der Waals surface area contributed by atoms with Crippen LogP contribution in [0.3, 0.4) is 0 Å². The quantitative estimate of drug-likeness (QED) is 0.484. The summed E-state index contributed by atoms with van der Waals surface area (Å²) in [6.07, 6.45) is -1.17. The van der Waals surface area contributed by atoms with E-state index in [1.807, 2.05) is 0 Å². The van der Waals surface area contributed by atoms with E-state index in [9.17, 15) is 18.0 Å². The second-order valence-electron chi connectivity index (χ2n) is 7.12. The van der Waals surface area contributed by atoms with Crippen LogP contribution in [-0.2, 0) is 6.42 Å². The fraction of sp³-hybridized carbons (Fsp3) is 0.400. The van der Waals surface area contributed by atoms with Crippen molar-refractivity contribution in [1.82, 2.24) is 14.9 Å². The van der Waals surface area contributed by atoms with Gasteiger partial charge in [-0.3, -0.25) is 0 Å². The lowest BCUT2D eigenvalue weighted by Crippen LogP contribution is -2.41. The maximum absolute atomic E-state index is 12.2. The first kappa shape index (κ1) is 23.1. The molecule has 1 aromatic carbocycles. The van der Waals surface area contributed by atoms with Crippen LogP contribution < -0.4 is 14.9 Å². The van der Waals surface area contributed by atoms with Gasteiger partial charge in [0.15, 0.2) is 0 Å². The number of hydrogen-bond donors (Lipinski definition) is 2. The predicted molar refractivity (Wildman–Crippen MR) is 109 cm³/mol. The third-order valence-electron chi connectivity index (χ3n) is 4.84. The highest BCUT2D eigenvalue weighted by atomic mass is 19.4. The maximum atomic E-state index is 12.2. The van der Waals surface area contributed by atoms with Crippen molar-refractivity contribution in [3.05, 3.63) is 41.7 Å². The van der Waals surface area contributed by atoms with Crippen molar-refractivity contribution >= 4 is 18.1 Å². The summed E-state index contributed by atoms with van der Waals surface area (Å²) in [7, 11) is 0. The largest absolute Gasteiger partial charge is 0.573 e. The van der Waals surface area contributed by atoms with Crippen LogP contribution in [0.25, 0.3) is 0 Å². The number of piperidine rings is 1. The highest BCUT2D eigenvalue weighted by Gasteiger charge is 2.31. The third-order valence-corrected chi connectivity index (χ3v) is 4.84. The SMILES string of the molecule is Cc1c(NC2CCN(C(=O)O)CC2)ncnc1ON=CCc1ccc(OC(F)(F)F)cc1. The Labute approximate surface area is 181 Å². The van der Waals surface area contributed by atoms with E-state index in [1.165, 1.54) is 41.7 Å². The van der Waals surface area contributed by atoms with Gasteiger partial charge in [-0.2, -0.15) is 4.98 Å². The number of alkyl halides is 3. The Kier molecular flexibility index (Phi) is 7.33. The Morgan fingerprint density at radius 1 is 1.28 bits per heavy atom. The highest BCUT2D eigenvalue weighted by molar-refractivity contribution is 5.65. The molecule has 0 bridgehead atoms. The predicted octanol–water partition coefficient (Wildman–Crippen LogP) is 3.85. The number of likely N-dealkylation sites (tertiary alicyclic amines) is 1. The molecule has 0 aliphatic carbocycles. The molecule has 0 saturated carbocycles. The van der Waals surface area contributed by atoms with Crippen molar-refractivity contribution in [3.63, 3.8) is 0 Å². The molecule has 2 heterocycles. The Morgan fingerprint density at radius 2 is 1.97 bits per heavy atom. The first-order valence-electron chi connectivity index (χ1n) is 9.81. The zero-order chi connectivity index (χ0) is 23.1. The molecule has 1 aliphatic heterocycles. The minimum absolute atomic E-state index is 0.0832. The number of amides is 1. The van der Waals surface area contributed by atoms with E-state index < -0.39 is 12.5 Å². The molecule has 1 amide bonds. The van der Waals surface area contributed by atoms with Crippen molar-refractivity contribution in [2.24, 2.45) is 5.16 Å². The van der Waals surface area contributed by atoms with Gasteiger partial charge in [-0.25, -0.2) is 9.78 Å². The summed E-state index contributed by atoms with van der Waals surface area (Å²) >= 11 is 0. The van der Waals surface area contributed by atoms with Gasteiger partial charge in [0.25, 0.3) is 5.88 Å². The molecular weight excluding hydrogens is 431 g/mol. The summed E-state index contributed by atoms with van der Waals surface area (Å²) in [5, 5.41) is 16.2. The topological polar surface area (TPSA) is 109 Å². The zero-order valence-electron chi connectivity index (χ0n) is 17.2. The molecule has 0 radical (unpaired) electrons. The normalized spacial score (nSPS) is 15.1. The lowest BCUT2D eigenvalue weighted by atomic mass is 10.1. The standard InChI is InChI=1S/C20H22F3N5O4/c1-13-17(27-15-7-10-28(11-8-15)19(29)30)24-12-25-18(13)32-26-9-6-14-2-4-16(5-3-14)31-20(21,22)23/h2-5,9,12,15H,6-8,10-11H2,1H3,(H,29,30)(H,24,25,27). The molecule has 0 unspecified atom stereocenters. The Bertz CT molecular complexity index is 945. The van der Waals surface area contributed by atoms with Crippen LogP contribution >= 0.6 is 0 Å². The number of halogens is 3. The van der Waals surface area contributed by atoms with Crippen LogP contribution in [0.2, 0.25) is 0 Å². The molecule has 0 spiro atoms. The number of rotatable bonds is 7. The van der Waals surface area contributed by atoms with Gasteiger partial charge in [0.2, 0.25) is 0 Å². The molecule has 2 aromatic rings. The molecule has 1 saturated heterocycles. The van der Waals surface area contributed by atoms with Crippen molar-refractivity contribution in [2.45, 2.75) is 38.6 Å². The van der Waals surface area contributed by atoms with Crippen molar-refractivity contribution in [1.29, 1.82) is 0 Å². The molecule has 0 atom stereocenters. The van der Waals surface area contributed by atoms with Crippen LogP contribution in [0.5, 0.6) is 11.6 Å². The number of nitrogens with zero attached hydrogens (tertiary/aromatic N) is 4. The molecule has 3 rings (SSSR count). The summed E-state index contributed by atoms with van der Waals surface area (Å²) in [4.78, 5) is 26.0. The number of anilines is 1. The monoisotopic (exact) mass is 453 g/mol.